The molecule has 1 aliphatic heterocycles. The maximum atomic E-state index is 9.13. The predicted molar refractivity (Wildman–Crippen MR) is 196 cm³/mol. The van der Waals surface area contributed by atoms with E-state index in [1.54, 1.807) is 6.08 Å². The van der Waals surface area contributed by atoms with Crippen molar-refractivity contribution in [1.82, 2.24) is 9.97 Å². The molecule has 49 heavy (non-hydrogen) atoms. The fourth-order valence-corrected chi connectivity index (χ4v) is 6.63. The summed E-state index contributed by atoms with van der Waals surface area (Å²) in [6.07, 6.45) is 3.55. The lowest BCUT2D eigenvalue weighted by Crippen LogP contribution is -2.23. The standard InChI is InChI=1S/C26H23NO.C17H8N4/c1-5-23-25(6-2)28-26-14-10-9-13-24(26)27(23)20-15-16-22(19(4)17-20)21-12-8-7-11-18(21)3;1-9-5-6-12-15-10(9)3-2-4-11(15)16-17(12)21-14(8-19)13(7-18)20-16/h5-17H,1-2H2,3-4H3;2-6H,1H3. The molecule has 6 aromatic rings. The maximum Gasteiger partial charge on any atom is 0.177 e. The van der Waals surface area contributed by atoms with Crippen LogP contribution in [0.2, 0.25) is 0 Å². The lowest BCUT2D eigenvalue weighted by molar-refractivity contribution is 0.431. The number of fused-ring (bicyclic) bond motifs is 4. The van der Waals surface area contributed by atoms with E-state index in [-0.39, 0.29) is 11.4 Å². The summed E-state index contributed by atoms with van der Waals surface area (Å²) in [4.78, 5) is 10.9. The molecule has 2 heterocycles. The molecule has 0 N–H and O–H groups in total. The first-order valence-electron chi connectivity index (χ1n) is 15.9. The van der Waals surface area contributed by atoms with Crippen molar-refractivity contribution in [2.24, 2.45) is 0 Å². The van der Waals surface area contributed by atoms with Gasteiger partial charge in [0.05, 0.1) is 22.8 Å². The lowest BCUT2D eigenvalue weighted by Gasteiger charge is -2.33. The zero-order chi connectivity index (χ0) is 34.2. The van der Waals surface area contributed by atoms with Gasteiger partial charge in [-0.05, 0) is 90.4 Å². The van der Waals surface area contributed by atoms with Gasteiger partial charge in [0.2, 0.25) is 0 Å². The van der Waals surface area contributed by atoms with E-state index < -0.39 is 0 Å². The topological polar surface area (TPSA) is 85.8 Å². The number of hydrogen-bond donors (Lipinski definition) is 0. The number of nitriles is 2. The van der Waals surface area contributed by atoms with Gasteiger partial charge in [0.25, 0.3) is 0 Å². The second kappa shape index (κ2) is 12.4. The molecular weight excluding hydrogens is 603 g/mol. The summed E-state index contributed by atoms with van der Waals surface area (Å²) in [6, 6.07) is 37.1. The molecule has 0 atom stereocenters. The van der Waals surface area contributed by atoms with Crippen LogP contribution in [0.15, 0.2) is 134 Å². The average molecular weight is 634 g/mol. The molecule has 1 aliphatic carbocycles. The van der Waals surface area contributed by atoms with E-state index in [2.05, 4.69) is 103 Å². The Morgan fingerprint density at radius 1 is 0.653 bits per heavy atom. The molecular formula is C43H31N5O. The van der Waals surface area contributed by atoms with Crippen molar-refractivity contribution >= 4 is 22.1 Å². The fraction of sp³-hybridized carbons (Fsp3) is 0.0698. The van der Waals surface area contributed by atoms with Gasteiger partial charge < -0.3 is 9.64 Å². The van der Waals surface area contributed by atoms with Gasteiger partial charge in [-0.25, -0.2) is 9.97 Å². The largest absolute Gasteiger partial charge is 0.453 e. The monoisotopic (exact) mass is 633 g/mol. The summed E-state index contributed by atoms with van der Waals surface area (Å²) in [6.45, 7) is 14.3. The molecule has 5 aromatic carbocycles. The molecule has 0 unspecified atom stereocenters. The maximum absolute atomic E-state index is 9.13. The number of rotatable bonds is 4. The summed E-state index contributed by atoms with van der Waals surface area (Å²) in [5.41, 5.74) is 12.6. The summed E-state index contributed by atoms with van der Waals surface area (Å²) in [7, 11) is 0. The minimum Gasteiger partial charge on any atom is -0.453 e. The van der Waals surface area contributed by atoms with E-state index in [0.29, 0.717) is 17.1 Å². The number of anilines is 2. The van der Waals surface area contributed by atoms with Gasteiger partial charge in [0, 0.05) is 22.2 Å². The fourth-order valence-electron chi connectivity index (χ4n) is 6.63. The Morgan fingerprint density at radius 3 is 1.96 bits per heavy atom. The Morgan fingerprint density at radius 2 is 1.29 bits per heavy atom. The highest BCUT2D eigenvalue weighted by atomic mass is 16.5. The molecule has 6 nitrogen and oxygen atoms in total. The van der Waals surface area contributed by atoms with Crippen LogP contribution in [0.4, 0.5) is 11.4 Å². The zero-order valence-corrected chi connectivity index (χ0v) is 27.5. The highest BCUT2D eigenvalue weighted by Crippen LogP contribution is 2.46. The Bertz CT molecular complexity index is 2430. The molecule has 0 radical (unpaired) electrons. The smallest absolute Gasteiger partial charge is 0.177 e. The molecule has 0 spiro atoms. The van der Waals surface area contributed by atoms with Crippen molar-refractivity contribution < 1.29 is 4.74 Å². The van der Waals surface area contributed by atoms with E-state index in [9.17, 15) is 0 Å². The van der Waals surface area contributed by atoms with Gasteiger partial charge in [-0.3, -0.25) is 0 Å². The SMILES string of the molecule is C=CC1=C(C=C)N(c2ccc(-c3ccccc3C)c(C)c2)c2ccccc2O1.Cc1ccc2c3c(cccc13)-c1nc(C#N)c(C#N)nc1-2. The van der Waals surface area contributed by atoms with Crippen LogP contribution in [0, 0.1) is 43.4 Å². The second-order valence-electron chi connectivity index (χ2n) is 11.9. The average Bonchev–Trinajstić information content (AvgIpc) is 3.45. The number of hydrogen-bond acceptors (Lipinski definition) is 6. The predicted octanol–water partition coefficient (Wildman–Crippen LogP) is 10.4. The van der Waals surface area contributed by atoms with Crippen LogP contribution in [0.5, 0.6) is 5.75 Å². The number of nitrogens with zero attached hydrogens (tertiary/aromatic N) is 5. The van der Waals surface area contributed by atoms with Crippen LogP contribution in [-0.2, 0) is 0 Å². The molecule has 8 rings (SSSR count). The number of allylic oxidation sites excluding steroid dienone is 2. The lowest BCUT2D eigenvalue weighted by atomic mass is 9.96. The molecule has 2 aliphatic rings. The Hall–Kier alpha value is -6.76. The van der Waals surface area contributed by atoms with E-state index in [1.165, 1.54) is 27.8 Å². The minimum atomic E-state index is 0.0813. The van der Waals surface area contributed by atoms with Gasteiger partial charge in [0.15, 0.2) is 22.9 Å². The van der Waals surface area contributed by atoms with Crippen LogP contribution in [-0.4, -0.2) is 9.97 Å². The second-order valence-corrected chi connectivity index (χ2v) is 11.9. The molecule has 0 amide bonds. The zero-order valence-electron chi connectivity index (χ0n) is 27.5. The van der Waals surface area contributed by atoms with Crippen LogP contribution in [0.25, 0.3) is 44.4 Å². The van der Waals surface area contributed by atoms with Crippen molar-refractivity contribution in [3.8, 4) is 51.5 Å². The Balaban J connectivity index is 0.000000160. The summed E-state index contributed by atoms with van der Waals surface area (Å²) in [5.74, 6) is 1.51. The van der Waals surface area contributed by atoms with Gasteiger partial charge in [-0.2, -0.15) is 10.5 Å². The van der Waals surface area contributed by atoms with Gasteiger partial charge in [-0.15, -0.1) is 0 Å². The molecule has 0 bridgehead atoms. The first-order valence-corrected chi connectivity index (χ1v) is 15.9. The number of para-hydroxylation sites is 2. The quantitative estimate of drug-likeness (QED) is 0.192. The van der Waals surface area contributed by atoms with Crippen LogP contribution < -0.4 is 9.64 Å². The number of aryl methyl sites for hydroxylation is 3. The molecule has 1 aromatic heterocycles. The number of ether oxygens (including phenoxy) is 1. The van der Waals surface area contributed by atoms with Crippen LogP contribution >= 0.6 is 0 Å². The first-order chi connectivity index (χ1) is 23.9. The summed E-state index contributed by atoms with van der Waals surface area (Å²) >= 11 is 0. The van der Waals surface area contributed by atoms with Crippen molar-refractivity contribution in [2.45, 2.75) is 20.8 Å². The third-order valence-corrected chi connectivity index (χ3v) is 8.98. The van der Waals surface area contributed by atoms with Gasteiger partial charge in [-0.1, -0.05) is 86.0 Å². The first kappa shape index (κ1) is 30.9. The Kier molecular flexibility index (Phi) is 7.84. The number of benzene rings is 5. The third-order valence-electron chi connectivity index (χ3n) is 8.98. The van der Waals surface area contributed by atoms with Crippen molar-refractivity contribution in [1.29, 1.82) is 10.5 Å². The van der Waals surface area contributed by atoms with E-state index in [4.69, 9.17) is 15.3 Å². The van der Waals surface area contributed by atoms with Crippen molar-refractivity contribution in [3.63, 3.8) is 0 Å². The normalized spacial score (nSPS) is 12.1. The molecule has 234 valence electrons. The minimum absolute atomic E-state index is 0.0813. The molecule has 6 heteroatoms. The van der Waals surface area contributed by atoms with Crippen LogP contribution in [0.1, 0.15) is 28.1 Å². The Labute approximate surface area is 285 Å². The highest BCUT2D eigenvalue weighted by molar-refractivity contribution is 6.14. The molecule has 0 saturated heterocycles. The third kappa shape index (κ3) is 5.13. The van der Waals surface area contributed by atoms with Gasteiger partial charge >= 0.3 is 0 Å². The van der Waals surface area contributed by atoms with Gasteiger partial charge in [0.1, 0.15) is 12.1 Å². The summed E-state index contributed by atoms with van der Waals surface area (Å²) in [5, 5.41) is 20.5. The summed E-state index contributed by atoms with van der Waals surface area (Å²) < 4.78 is 6.02. The van der Waals surface area contributed by atoms with Crippen molar-refractivity contribution in [3.05, 3.63) is 162 Å². The number of aromatic nitrogens is 2. The van der Waals surface area contributed by atoms with E-state index in [0.717, 1.165) is 44.7 Å². The molecule has 0 fully saturated rings. The van der Waals surface area contributed by atoms with Crippen molar-refractivity contribution in [2.75, 3.05) is 4.90 Å². The van der Waals surface area contributed by atoms with E-state index >= 15 is 0 Å². The van der Waals surface area contributed by atoms with Crippen LogP contribution in [0.3, 0.4) is 0 Å². The van der Waals surface area contributed by atoms with E-state index in [1.807, 2.05) is 60.7 Å². The molecule has 0 saturated carbocycles. The highest BCUT2D eigenvalue weighted by Gasteiger charge is 2.27.